The molecule has 0 unspecified atom stereocenters. The molecule has 18 heavy (non-hydrogen) atoms. The van der Waals surface area contributed by atoms with Crippen LogP contribution >= 0.6 is 0 Å². The predicted octanol–water partition coefficient (Wildman–Crippen LogP) is -0.888. The first kappa shape index (κ1) is 14.2. The van der Waals surface area contributed by atoms with Gasteiger partial charge in [-0.2, -0.15) is 9.97 Å². The first-order valence-corrected chi connectivity index (χ1v) is 6.69. The van der Waals surface area contributed by atoms with Crippen LogP contribution in [0.5, 0.6) is 11.8 Å². The number of hydrogen-bond acceptors (Lipinski definition) is 7. The Hall–Kier alpha value is -1.90. The lowest BCUT2D eigenvalue weighted by Gasteiger charge is -2.06. The van der Waals surface area contributed by atoms with E-state index in [0.29, 0.717) is 0 Å². The van der Waals surface area contributed by atoms with Gasteiger partial charge in [0.1, 0.15) is 5.82 Å². The summed E-state index contributed by atoms with van der Waals surface area (Å²) in [7, 11) is -0.783. The van der Waals surface area contributed by atoms with E-state index in [9.17, 15) is 13.2 Å². The largest absolute Gasteiger partial charge is 0.481 e. The third-order valence-corrected chi connectivity index (χ3v) is 2.36. The average Bonchev–Trinajstić information content (AvgIpc) is 2.25. The first-order chi connectivity index (χ1) is 8.34. The van der Waals surface area contributed by atoms with E-state index in [1.807, 2.05) is 4.72 Å². The number of amides is 1. The van der Waals surface area contributed by atoms with Gasteiger partial charge in [-0.25, -0.2) is 8.42 Å². The summed E-state index contributed by atoms with van der Waals surface area (Å²) in [5.74, 6) is -0.173. The van der Waals surface area contributed by atoms with Gasteiger partial charge < -0.3 is 9.47 Å². The molecule has 1 N–H and O–H groups in total. The highest BCUT2D eigenvalue weighted by atomic mass is 32.2. The van der Waals surface area contributed by atoms with Gasteiger partial charge in [-0.05, 0) is 0 Å². The van der Waals surface area contributed by atoms with Gasteiger partial charge >= 0.3 is 0 Å². The number of carbonyl (C=O) groups is 1. The van der Waals surface area contributed by atoms with Crippen LogP contribution in [-0.4, -0.2) is 44.8 Å². The summed E-state index contributed by atoms with van der Waals surface area (Å²) in [6.07, 6.45) is 0.596. The maximum absolute atomic E-state index is 11.4. The van der Waals surface area contributed by atoms with Crippen molar-refractivity contribution in [2.75, 3.05) is 20.5 Å². The Morgan fingerprint density at radius 2 is 1.78 bits per heavy atom. The van der Waals surface area contributed by atoms with Gasteiger partial charge in [-0.15, -0.1) is 0 Å². The molecule has 0 fully saturated rings. The van der Waals surface area contributed by atoms with Crippen molar-refractivity contribution in [3.8, 4) is 11.8 Å². The Morgan fingerprint density at radius 1 is 1.28 bits per heavy atom. The summed E-state index contributed by atoms with van der Waals surface area (Å²) >= 11 is 0. The normalized spacial score (nSPS) is 10.8. The number of sulfonamides is 1. The summed E-state index contributed by atoms with van der Waals surface area (Å²) in [6, 6.07) is 1.44. The molecule has 0 bridgehead atoms. The first-order valence-electron chi connectivity index (χ1n) is 4.80. The van der Waals surface area contributed by atoms with Crippen molar-refractivity contribution in [2.45, 2.75) is 6.42 Å². The van der Waals surface area contributed by atoms with Crippen LogP contribution in [0.25, 0.3) is 0 Å². The van der Waals surface area contributed by atoms with Gasteiger partial charge in [0.05, 0.1) is 33.0 Å². The molecule has 1 rings (SSSR count). The fraction of sp³-hybridized carbons (Fsp3) is 0.444. The topological polar surface area (TPSA) is 107 Å². The second-order valence-electron chi connectivity index (χ2n) is 3.34. The average molecular weight is 275 g/mol. The van der Waals surface area contributed by atoms with Gasteiger partial charge in [-0.1, -0.05) is 0 Å². The standard InChI is InChI=1S/C9H13N3O5S/c1-16-8-5-9(17-2)11-6(10-8)4-7(13)12-18(3,14)15/h5H,4H2,1-3H3,(H,12,13). The molecule has 8 nitrogen and oxygen atoms in total. The molecular formula is C9H13N3O5S. The quantitative estimate of drug-likeness (QED) is 0.742. The third-order valence-electron chi connectivity index (χ3n) is 1.76. The minimum absolute atomic E-state index is 0.104. The Labute approximate surface area is 104 Å². The third kappa shape index (κ3) is 4.53. The Balaban J connectivity index is 2.87. The molecule has 0 aliphatic heterocycles. The van der Waals surface area contributed by atoms with Crippen LogP contribution in [0.1, 0.15) is 5.82 Å². The number of aromatic nitrogens is 2. The van der Waals surface area contributed by atoms with E-state index in [2.05, 4.69) is 9.97 Å². The van der Waals surface area contributed by atoms with E-state index in [0.717, 1.165) is 6.26 Å². The number of rotatable bonds is 5. The highest BCUT2D eigenvalue weighted by molar-refractivity contribution is 7.89. The summed E-state index contributed by atoms with van der Waals surface area (Å²) in [4.78, 5) is 19.2. The SMILES string of the molecule is COc1cc(OC)nc(CC(=O)NS(C)(=O)=O)n1. The van der Waals surface area contributed by atoms with E-state index in [1.165, 1.54) is 20.3 Å². The van der Waals surface area contributed by atoms with Crippen molar-refractivity contribution >= 4 is 15.9 Å². The fourth-order valence-corrected chi connectivity index (χ4v) is 1.61. The van der Waals surface area contributed by atoms with Crippen molar-refractivity contribution in [3.63, 3.8) is 0 Å². The lowest BCUT2D eigenvalue weighted by molar-refractivity contribution is -0.118. The lowest BCUT2D eigenvalue weighted by atomic mass is 10.4. The Bertz CT molecular complexity index is 521. The zero-order chi connectivity index (χ0) is 13.8. The van der Waals surface area contributed by atoms with Crippen LogP contribution < -0.4 is 14.2 Å². The minimum Gasteiger partial charge on any atom is -0.481 e. The van der Waals surface area contributed by atoms with Crippen LogP contribution in [0.2, 0.25) is 0 Å². The van der Waals surface area contributed by atoms with E-state index < -0.39 is 15.9 Å². The number of methoxy groups -OCH3 is 2. The van der Waals surface area contributed by atoms with Gasteiger partial charge in [0.15, 0.2) is 0 Å². The van der Waals surface area contributed by atoms with Crippen LogP contribution in [0.3, 0.4) is 0 Å². The van der Waals surface area contributed by atoms with Crippen molar-refractivity contribution in [2.24, 2.45) is 0 Å². The second kappa shape index (κ2) is 5.63. The van der Waals surface area contributed by atoms with Crippen LogP contribution in [0.4, 0.5) is 0 Å². The summed E-state index contributed by atoms with van der Waals surface area (Å²) < 4.78 is 33.3. The summed E-state index contributed by atoms with van der Waals surface area (Å²) in [6.45, 7) is 0. The van der Waals surface area contributed by atoms with Gasteiger partial charge in [0, 0.05) is 0 Å². The molecule has 1 amide bonds. The monoisotopic (exact) mass is 275 g/mol. The molecular weight excluding hydrogens is 262 g/mol. The zero-order valence-electron chi connectivity index (χ0n) is 10.1. The van der Waals surface area contributed by atoms with E-state index in [-0.39, 0.29) is 24.0 Å². The highest BCUT2D eigenvalue weighted by Crippen LogP contribution is 2.14. The highest BCUT2D eigenvalue weighted by Gasteiger charge is 2.13. The molecule has 0 saturated heterocycles. The van der Waals surface area contributed by atoms with Crippen LogP contribution in [-0.2, 0) is 21.2 Å². The number of nitrogens with one attached hydrogen (secondary N) is 1. The van der Waals surface area contributed by atoms with E-state index in [1.54, 1.807) is 0 Å². The molecule has 0 radical (unpaired) electrons. The summed E-state index contributed by atoms with van der Waals surface area (Å²) in [5.41, 5.74) is 0. The zero-order valence-corrected chi connectivity index (χ0v) is 10.9. The van der Waals surface area contributed by atoms with Crippen LogP contribution in [0.15, 0.2) is 6.07 Å². The molecule has 1 aromatic rings. The fourth-order valence-electron chi connectivity index (χ4n) is 1.12. The molecule has 0 aliphatic rings. The summed E-state index contributed by atoms with van der Waals surface area (Å²) in [5, 5.41) is 0. The number of ether oxygens (including phenoxy) is 2. The van der Waals surface area contributed by atoms with Crippen molar-refractivity contribution < 1.29 is 22.7 Å². The van der Waals surface area contributed by atoms with Crippen molar-refractivity contribution in [1.82, 2.24) is 14.7 Å². The number of nitrogens with zero attached hydrogens (tertiary/aromatic N) is 2. The number of hydrogen-bond donors (Lipinski definition) is 1. The predicted molar refractivity (Wildman–Crippen MR) is 61.8 cm³/mol. The van der Waals surface area contributed by atoms with Crippen LogP contribution in [0, 0.1) is 0 Å². The van der Waals surface area contributed by atoms with E-state index in [4.69, 9.17) is 9.47 Å². The smallest absolute Gasteiger partial charge is 0.241 e. The van der Waals surface area contributed by atoms with E-state index >= 15 is 0 Å². The number of carbonyl (C=O) groups excluding carboxylic acids is 1. The maximum Gasteiger partial charge on any atom is 0.241 e. The molecule has 1 aromatic heterocycles. The molecule has 0 aromatic carbocycles. The van der Waals surface area contributed by atoms with Gasteiger partial charge in [-0.3, -0.25) is 9.52 Å². The second-order valence-corrected chi connectivity index (χ2v) is 5.09. The van der Waals surface area contributed by atoms with Gasteiger partial charge in [0.25, 0.3) is 0 Å². The molecule has 0 atom stereocenters. The van der Waals surface area contributed by atoms with Crippen molar-refractivity contribution in [3.05, 3.63) is 11.9 Å². The lowest BCUT2D eigenvalue weighted by Crippen LogP contribution is -2.31. The molecule has 9 heteroatoms. The molecule has 0 aliphatic carbocycles. The van der Waals surface area contributed by atoms with Crippen molar-refractivity contribution in [1.29, 1.82) is 0 Å². The Morgan fingerprint density at radius 3 is 2.17 bits per heavy atom. The Kier molecular flexibility index (Phi) is 4.43. The molecule has 0 saturated carbocycles. The molecule has 0 spiro atoms. The van der Waals surface area contributed by atoms with Gasteiger partial charge in [0.2, 0.25) is 27.7 Å². The minimum atomic E-state index is -3.59. The molecule has 100 valence electrons. The molecule has 1 heterocycles. The maximum atomic E-state index is 11.4.